The third kappa shape index (κ3) is 3.87. The fraction of sp³-hybridized carbons (Fsp3) is 0.308. The molecule has 1 aromatic carbocycles. The van der Waals surface area contributed by atoms with Gasteiger partial charge in [-0.1, -0.05) is 12.1 Å². The molecule has 0 aromatic heterocycles. The summed E-state index contributed by atoms with van der Waals surface area (Å²) >= 11 is 0. The summed E-state index contributed by atoms with van der Waals surface area (Å²) in [5, 5.41) is 25.5. The van der Waals surface area contributed by atoms with E-state index in [0.717, 1.165) is 5.06 Å². The third-order valence-corrected chi connectivity index (χ3v) is 2.56. The quantitative estimate of drug-likeness (QED) is 0.435. The van der Waals surface area contributed by atoms with Crippen LogP contribution in [0.15, 0.2) is 24.3 Å². The van der Waals surface area contributed by atoms with E-state index in [9.17, 15) is 9.90 Å². The fourth-order valence-electron chi connectivity index (χ4n) is 1.43. The Bertz CT molecular complexity index is 513. The van der Waals surface area contributed by atoms with Crippen LogP contribution in [-0.2, 0) is 14.4 Å². The Kier molecular flexibility index (Phi) is 5.36. The molecule has 0 saturated heterocycles. The van der Waals surface area contributed by atoms with Gasteiger partial charge in [-0.15, -0.1) is 0 Å². The summed E-state index contributed by atoms with van der Waals surface area (Å²) in [6.45, 7) is 1.42. The maximum atomic E-state index is 11.7. The van der Waals surface area contributed by atoms with Gasteiger partial charge in [0.25, 0.3) is 5.91 Å². The van der Waals surface area contributed by atoms with Gasteiger partial charge in [-0.2, -0.15) is 0 Å². The van der Waals surface area contributed by atoms with Crippen molar-refractivity contribution in [1.82, 2.24) is 5.06 Å². The second kappa shape index (κ2) is 6.78. The van der Waals surface area contributed by atoms with Crippen LogP contribution in [0.5, 0.6) is 0 Å². The minimum absolute atomic E-state index is 0.0870. The molecule has 0 radical (unpaired) electrons. The first-order valence-electron chi connectivity index (χ1n) is 5.78. The van der Waals surface area contributed by atoms with Crippen molar-refractivity contribution in [2.45, 2.75) is 13.0 Å². The van der Waals surface area contributed by atoms with Crippen molar-refractivity contribution in [3.63, 3.8) is 0 Å². The Balaban J connectivity index is 2.83. The number of nitrogens with zero attached hydrogens (tertiary/aromatic N) is 1. The molecule has 1 rings (SSSR count). The lowest BCUT2D eigenvalue weighted by Crippen LogP contribution is -2.30. The lowest BCUT2D eigenvalue weighted by Gasteiger charge is -2.18. The van der Waals surface area contributed by atoms with E-state index < -0.39 is 12.0 Å². The lowest BCUT2D eigenvalue weighted by molar-refractivity contribution is -0.178. The van der Waals surface area contributed by atoms with E-state index in [1.165, 1.54) is 45.3 Å². The third-order valence-electron chi connectivity index (χ3n) is 2.56. The van der Waals surface area contributed by atoms with Crippen LogP contribution in [0.4, 0.5) is 0 Å². The molecule has 1 atom stereocenters. The van der Waals surface area contributed by atoms with Gasteiger partial charge in [0.15, 0.2) is 12.0 Å². The molecule has 108 valence electrons. The Morgan fingerprint density at radius 2 is 1.85 bits per heavy atom. The van der Waals surface area contributed by atoms with E-state index in [4.69, 9.17) is 20.4 Å². The van der Waals surface area contributed by atoms with Gasteiger partial charge in [0.1, 0.15) is 0 Å². The van der Waals surface area contributed by atoms with Crippen LogP contribution in [0, 0.1) is 10.8 Å². The molecule has 7 nitrogen and oxygen atoms in total. The Hall–Kier alpha value is -2.25. The van der Waals surface area contributed by atoms with Crippen molar-refractivity contribution in [2.24, 2.45) is 0 Å². The summed E-state index contributed by atoms with van der Waals surface area (Å²) in [6.07, 6.45) is -1.34. The number of carbonyl (C=O) groups is 1. The van der Waals surface area contributed by atoms with E-state index in [1.807, 2.05) is 0 Å². The van der Waals surface area contributed by atoms with Gasteiger partial charge in [-0.25, -0.2) is 5.06 Å². The molecular formula is C13H17N3O4. The molecular weight excluding hydrogens is 262 g/mol. The fourth-order valence-corrected chi connectivity index (χ4v) is 1.43. The van der Waals surface area contributed by atoms with Crippen molar-refractivity contribution >= 4 is 17.7 Å². The van der Waals surface area contributed by atoms with Crippen LogP contribution in [0.25, 0.3) is 0 Å². The van der Waals surface area contributed by atoms with Crippen LogP contribution in [0.2, 0.25) is 0 Å². The monoisotopic (exact) mass is 279 g/mol. The average molecular weight is 279 g/mol. The predicted molar refractivity (Wildman–Crippen MR) is 72.5 cm³/mol. The minimum atomic E-state index is -1.34. The number of amides is 1. The predicted octanol–water partition coefficient (Wildman–Crippen LogP) is 1.08. The molecule has 0 heterocycles. The normalized spacial score (nSPS) is 11.6. The van der Waals surface area contributed by atoms with E-state index in [2.05, 4.69) is 0 Å². The van der Waals surface area contributed by atoms with E-state index in [0.29, 0.717) is 11.1 Å². The molecule has 0 fully saturated rings. The van der Waals surface area contributed by atoms with Crippen LogP contribution >= 0.6 is 0 Å². The van der Waals surface area contributed by atoms with Crippen molar-refractivity contribution in [3.8, 4) is 0 Å². The number of aliphatic hydroxyl groups excluding tert-OH is 1. The van der Waals surface area contributed by atoms with Gasteiger partial charge >= 0.3 is 0 Å². The maximum Gasteiger partial charge on any atom is 0.279 e. The second-order valence-corrected chi connectivity index (χ2v) is 4.03. The number of aliphatic hydroxyl groups is 1. The number of nitrogens with one attached hydrogen (secondary N) is 2. The van der Waals surface area contributed by atoms with Gasteiger partial charge in [-0.3, -0.25) is 20.5 Å². The number of hydrogen-bond donors (Lipinski definition) is 3. The molecule has 0 aliphatic heterocycles. The second-order valence-electron chi connectivity index (χ2n) is 4.03. The molecule has 1 unspecified atom stereocenters. The zero-order valence-corrected chi connectivity index (χ0v) is 11.5. The smallest absolute Gasteiger partial charge is 0.279 e. The highest BCUT2D eigenvalue weighted by atomic mass is 16.7. The van der Waals surface area contributed by atoms with Gasteiger partial charge < -0.3 is 9.84 Å². The Labute approximate surface area is 116 Å². The first kappa shape index (κ1) is 15.8. The standard InChI is InChI=1S/C13H17N3O4/c1-8(14)20-12(15)10-6-4-9(5-7-10)11(17)13(18)16(2)19-3/h4-7,11,14-15,17H,1-3H3. The topological polar surface area (TPSA) is 107 Å². The van der Waals surface area contributed by atoms with Crippen LogP contribution in [-0.4, -0.2) is 42.0 Å². The van der Waals surface area contributed by atoms with Crippen LogP contribution in [0.1, 0.15) is 24.2 Å². The van der Waals surface area contributed by atoms with Crippen molar-refractivity contribution in [2.75, 3.05) is 14.2 Å². The van der Waals surface area contributed by atoms with Crippen LogP contribution < -0.4 is 0 Å². The average Bonchev–Trinajstić information content (AvgIpc) is 2.44. The highest BCUT2D eigenvalue weighted by Gasteiger charge is 2.21. The molecule has 7 heteroatoms. The Morgan fingerprint density at radius 3 is 2.30 bits per heavy atom. The number of rotatable bonds is 4. The highest BCUT2D eigenvalue weighted by molar-refractivity contribution is 5.98. The highest BCUT2D eigenvalue weighted by Crippen LogP contribution is 2.16. The summed E-state index contributed by atoms with van der Waals surface area (Å²) in [5.41, 5.74) is 0.821. The summed E-state index contributed by atoms with van der Waals surface area (Å²) in [5.74, 6) is -0.850. The number of likely N-dealkylation sites (N-methyl/N-ethyl adjacent to an activating group) is 1. The molecule has 3 N–H and O–H groups in total. The van der Waals surface area contributed by atoms with Gasteiger partial charge in [0, 0.05) is 19.5 Å². The van der Waals surface area contributed by atoms with Gasteiger partial charge in [0.05, 0.1) is 7.11 Å². The molecule has 1 aromatic rings. The summed E-state index contributed by atoms with van der Waals surface area (Å²) in [6, 6.07) is 6.09. The van der Waals surface area contributed by atoms with Crippen LogP contribution in [0.3, 0.4) is 0 Å². The number of hydroxylamine groups is 2. The zero-order valence-electron chi connectivity index (χ0n) is 11.5. The maximum absolute atomic E-state index is 11.7. The lowest BCUT2D eigenvalue weighted by atomic mass is 10.1. The summed E-state index contributed by atoms with van der Waals surface area (Å²) in [7, 11) is 2.72. The molecule has 0 aliphatic rings. The first-order chi connectivity index (χ1) is 9.36. The molecule has 0 saturated carbocycles. The number of hydrogen-bond acceptors (Lipinski definition) is 6. The molecule has 1 amide bonds. The van der Waals surface area contributed by atoms with Gasteiger partial charge in [0.2, 0.25) is 5.90 Å². The van der Waals surface area contributed by atoms with E-state index in [-0.39, 0.29) is 11.8 Å². The number of benzene rings is 1. The molecule has 0 spiro atoms. The molecule has 0 aliphatic carbocycles. The molecule has 20 heavy (non-hydrogen) atoms. The summed E-state index contributed by atoms with van der Waals surface area (Å²) in [4.78, 5) is 16.4. The zero-order chi connectivity index (χ0) is 15.3. The van der Waals surface area contributed by atoms with Crippen molar-refractivity contribution in [1.29, 1.82) is 10.8 Å². The Morgan fingerprint density at radius 1 is 1.30 bits per heavy atom. The summed E-state index contributed by atoms with van der Waals surface area (Å²) < 4.78 is 4.85. The number of ether oxygens (including phenoxy) is 1. The minimum Gasteiger partial charge on any atom is -0.426 e. The van der Waals surface area contributed by atoms with Gasteiger partial charge in [-0.05, 0) is 17.7 Å². The largest absolute Gasteiger partial charge is 0.426 e. The van der Waals surface area contributed by atoms with Crippen molar-refractivity contribution < 1.29 is 19.5 Å². The van der Waals surface area contributed by atoms with E-state index >= 15 is 0 Å². The van der Waals surface area contributed by atoms with E-state index in [1.54, 1.807) is 0 Å². The SMILES string of the molecule is CON(C)C(=O)C(O)c1ccc(C(=N)OC(C)=N)cc1. The first-order valence-corrected chi connectivity index (χ1v) is 5.78. The molecule has 0 bridgehead atoms. The van der Waals surface area contributed by atoms with Crippen molar-refractivity contribution in [3.05, 3.63) is 35.4 Å². The number of carbonyl (C=O) groups excluding carboxylic acids is 1.